The van der Waals surface area contributed by atoms with Gasteiger partial charge in [-0.2, -0.15) is 0 Å². The molecule has 1 aromatic rings. The molecule has 9 heteroatoms. The number of fused-ring (bicyclic) bond motifs is 1. The number of methoxy groups -OCH3 is 1. The number of esters is 3. The first-order valence-electron chi connectivity index (χ1n) is 11.2. The topological polar surface area (TPSA) is 88.1 Å². The Labute approximate surface area is 197 Å². The molecule has 2 aliphatic carbocycles. The molecule has 3 rings (SSSR count). The van der Waals surface area contributed by atoms with Crippen molar-refractivity contribution in [3.05, 3.63) is 29.6 Å². The Morgan fingerprint density at radius 2 is 1.82 bits per heavy atom. The summed E-state index contributed by atoms with van der Waals surface area (Å²) in [4.78, 5) is 38.0. The van der Waals surface area contributed by atoms with Crippen molar-refractivity contribution in [2.75, 3.05) is 26.4 Å². The first-order valence-corrected chi connectivity index (χ1v) is 12.1. The molecule has 2 saturated carbocycles. The van der Waals surface area contributed by atoms with E-state index in [0.29, 0.717) is 24.2 Å². The average Bonchev–Trinajstić information content (AvgIpc) is 3.37. The molecule has 0 aromatic heterocycles. The first kappa shape index (κ1) is 25.5. The van der Waals surface area contributed by atoms with E-state index >= 15 is 0 Å². The van der Waals surface area contributed by atoms with Crippen LogP contribution in [0, 0.1) is 48.2 Å². The number of rotatable bonds is 11. The zero-order chi connectivity index (χ0) is 24.1. The number of thioether (sulfide) groups is 1. The van der Waals surface area contributed by atoms with E-state index in [1.54, 1.807) is 37.7 Å². The summed E-state index contributed by atoms with van der Waals surface area (Å²) in [5, 5.41) is 0. The SMILES string of the molecule is CC[C@H](C)C(=O)OCOC(=O)[C@H]1[C@@H]2C[C@@H](CSc3ccc(F)c(C)c3)[C@@H](C(=O)OCOC)[C@@H]21. The quantitative estimate of drug-likeness (QED) is 0.266. The van der Waals surface area contributed by atoms with Crippen molar-refractivity contribution < 1.29 is 37.7 Å². The van der Waals surface area contributed by atoms with Crippen LogP contribution >= 0.6 is 11.8 Å². The molecule has 0 saturated heterocycles. The number of halogens is 1. The number of benzene rings is 1. The van der Waals surface area contributed by atoms with Gasteiger partial charge in [0.25, 0.3) is 0 Å². The van der Waals surface area contributed by atoms with Crippen LogP contribution in [-0.2, 0) is 33.3 Å². The van der Waals surface area contributed by atoms with Gasteiger partial charge in [0.05, 0.1) is 17.8 Å². The lowest BCUT2D eigenvalue weighted by molar-refractivity contribution is -0.171. The minimum Gasteiger partial charge on any atom is -0.438 e. The zero-order valence-electron chi connectivity index (χ0n) is 19.4. The van der Waals surface area contributed by atoms with Crippen molar-refractivity contribution in [2.24, 2.45) is 35.5 Å². The summed E-state index contributed by atoms with van der Waals surface area (Å²) in [5.74, 6) is -2.06. The number of carbonyl (C=O) groups excluding carboxylic acids is 3. The first-order chi connectivity index (χ1) is 15.8. The van der Waals surface area contributed by atoms with E-state index in [1.807, 2.05) is 6.92 Å². The van der Waals surface area contributed by atoms with Crippen LogP contribution in [-0.4, -0.2) is 44.4 Å². The van der Waals surface area contributed by atoms with Gasteiger partial charge < -0.3 is 18.9 Å². The van der Waals surface area contributed by atoms with Crippen LogP contribution in [0.2, 0.25) is 0 Å². The summed E-state index contributed by atoms with van der Waals surface area (Å²) in [6, 6.07) is 4.95. The van der Waals surface area contributed by atoms with Crippen molar-refractivity contribution in [3.8, 4) is 0 Å². The van der Waals surface area contributed by atoms with E-state index < -0.39 is 30.6 Å². The number of hydrogen-bond donors (Lipinski definition) is 0. The molecule has 182 valence electrons. The smallest absolute Gasteiger partial charge is 0.312 e. The molecular weight excluding hydrogens is 451 g/mol. The maximum absolute atomic E-state index is 13.5. The van der Waals surface area contributed by atoms with Gasteiger partial charge in [-0.1, -0.05) is 13.8 Å². The van der Waals surface area contributed by atoms with Crippen LogP contribution in [0.4, 0.5) is 4.39 Å². The standard InChI is InChI=1S/C24H31FO7S/c1-5-13(2)22(26)31-12-32-24(28)21-17-9-15(19(20(17)21)23(27)30-11-29-4)10-33-16-6-7-18(25)14(3)8-16/h6-8,13,15,17,19-21H,5,9-12H2,1-4H3/t13-,15-,17+,19+,20+,21-/m0/s1. The third-order valence-corrected chi connectivity index (χ3v) is 7.78. The Balaban J connectivity index is 1.57. The number of carbonyl (C=O) groups is 3. The maximum atomic E-state index is 13.5. The highest BCUT2D eigenvalue weighted by atomic mass is 32.2. The fraction of sp³-hybridized carbons (Fsp3) is 0.625. The van der Waals surface area contributed by atoms with E-state index in [1.165, 1.54) is 13.2 Å². The summed E-state index contributed by atoms with van der Waals surface area (Å²) in [5.41, 5.74) is 0.571. The van der Waals surface area contributed by atoms with Crippen LogP contribution in [0.15, 0.2) is 23.1 Å². The molecule has 0 amide bonds. The van der Waals surface area contributed by atoms with Crippen molar-refractivity contribution >= 4 is 29.7 Å². The van der Waals surface area contributed by atoms with Gasteiger partial charge in [0, 0.05) is 17.8 Å². The average molecular weight is 483 g/mol. The van der Waals surface area contributed by atoms with E-state index in [-0.39, 0.29) is 42.3 Å². The third-order valence-electron chi connectivity index (χ3n) is 6.60. The summed E-state index contributed by atoms with van der Waals surface area (Å²) in [7, 11) is 1.44. The Bertz CT molecular complexity index is 876. The lowest BCUT2D eigenvalue weighted by Crippen LogP contribution is -2.30. The summed E-state index contributed by atoms with van der Waals surface area (Å²) < 4.78 is 33.8. The lowest BCUT2D eigenvalue weighted by atomic mass is 9.90. The molecule has 0 spiro atoms. The fourth-order valence-corrected chi connectivity index (χ4v) is 5.71. The highest BCUT2D eigenvalue weighted by Gasteiger charge is 2.67. The second-order valence-corrected chi connectivity index (χ2v) is 9.83. The van der Waals surface area contributed by atoms with Gasteiger partial charge in [-0.25, -0.2) is 4.39 Å². The van der Waals surface area contributed by atoms with Crippen molar-refractivity contribution in [3.63, 3.8) is 0 Å². The Morgan fingerprint density at radius 1 is 1.12 bits per heavy atom. The van der Waals surface area contributed by atoms with Crippen molar-refractivity contribution in [2.45, 2.75) is 38.5 Å². The summed E-state index contributed by atoms with van der Waals surface area (Å²) >= 11 is 1.56. The number of ether oxygens (including phenoxy) is 4. The molecule has 0 heterocycles. The molecule has 7 nitrogen and oxygen atoms in total. The Morgan fingerprint density at radius 3 is 2.48 bits per heavy atom. The number of aryl methyl sites for hydroxylation is 1. The molecule has 0 unspecified atom stereocenters. The molecular formula is C24H31FO7S. The van der Waals surface area contributed by atoms with Crippen LogP contribution < -0.4 is 0 Å². The molecule has 0 N–H and O–H groups in total. The van der Waals surface area contributed by atoms with Crippen molar-refractivity contribution in [1.29, 1.82) is 0 Å². The molecule has 33 heavy (non-hydrogen) atoms. The van der Waals surface area contributed by atoms with Crippen molar-refractivity contribution in [1.82, 2.24) is 0 Å². The molecule has 0 aliphatic heterocycles. The van der Waals surface area contributed by atoms with Crippen LogP contribution in [0.3, 0.4) is 0 Å². The van der Waals surface area contributed by atoms with E-state index in [9.17, 15) is 18.8 Å². The van der Waals surface area contributed by atoms with E-state index in [0.717, 1.165) is 4.90 Å². The monoisotopic (exact) mass is 482 g/mol. The largest absolute Gasteiger partial charge is 0.438 e. The maximum Gasteiger partial charge on any atom is 0.312 e. The van der Waals surface area contributed by atoms with E-state index in [2.05, 4.69) is 0 Å². The van der Waals surface area contributed by atoms with E-state index in [4.69, 9.17) is 18.9 Å². The molecule has 2 aliphatic rings. The van der Waals surface area contributed by atoms with Gasteiger partial charge in [-0.3, -0.25) is 14.4 Å². The van der Waals surface area contributed by atoms with Gasteiger partial charge in [-0.05, 0) is 61.3 Å². The highest BCUT2D eigenvalue weighted by Crippen LogP contribution is 2.64. The Hall–Kier alpha value is -2.13. The van der Waals surface area contributed by atoms with Crippen LogP contribution in [0.25, 0.3) is 0 Å². The van der Waals surface area contributed by atoms with Gasteiger partial charge in [0.15, 0.2) is 6.79 Å². The van der Waals surface area contributed by atoms with Gasteiger partial charge in [0.2, 0.25) is 6.79 Å². The minimum absolute atomic E-state index is 0.0204. The summed E-state index contributed by atoms with van der Waals surface area (Å²) in [6.45, 7) is 4.77. The number of hydrogen-bond acceptors (Lipinski definition) is 8. The second-order valence-electron chi connectivity index (χ2n) is 8.73. The summed E-state index contributed by atoms with van der Waals surface area (Å²) in [6.07, 6.45) is 1.33. The third kappa shape index (κ3) is 6.06. The molecule has 0 bridgehead atoms. The molecule has 1 aromatic carbocycles. The predicted molar refractivity (Wildman–Crippen MR) is 118 cm³/mol. The predicted octanol–water partition coefficient (Wildman–Crippen LogP) is 3.96. The molecule has 6 atom stereocenters. The van der Waals surface area contributed by atoms with Gasteiger partial charge >= 0.3 is 17.9 Å². The van der Waals surface area contributed by atoms with Gasteiger partial charge in [-0.15, -0.1) is 11.8 Å². The fourth-order valence-electron chi connectivity index (χ4n) is 4.53. The second kappa shape index (κ2) is 11.3. The minimum atomic E-state index is -0.452. The molecule has 2 fully saturated rings. The zero-order valence-corrected chi connectivity index (χ0v) is 20.2. The Kier molecular flexibility index (Phi) is 8.75. The lowest BCUT2D eigenvalue weighted by Gasteiger charge is -2.22. The normalized spacial score (nSPS) is 26.3. The van der Waals surface area contributed by atoms with Crippen LogP contribution in [0.1, 0.15) is 32.3 Å². The van der Waals surface area contributed by atoms with Gasteiger partial charge in [0.1, 0.15) is 5.82 Å². The molecule has 0 radical (unpaired) electrons. The van der Waals surface area contributed by atoms with Crippen LogP contribution in [0.5, 0.6) is 0 Å². The highest BCUT2D eigenvalue weighted by molar-refractivity contribution is 7.99.